The van der Waals surface area contributed by atoms with Crippen molar-refractivity contribution in [1.29, 1.82) is 0 Å². The molecule has 142 valence electrons. The molecule has 0 fully saturated rings. The maximum absolute atomic E-state index is 13.4. The number of allylic oxidation sites excluding steroid dienone is 1. The van der Waals surface area contributed by atoms with Crippen LogP contribution in [-0.2, 0) is 0 Å². The van der Waals surface area contributed by atoms with Crippen molar-refractivity contribution in [2.75, 3.05) is 0 Å². The lowest BCUT2D eigenvalue weighted by molar-refractivity contribution is -0.801. The highest BCUT2D eigenvalue weighted by Gasteiger charge is 2.78. The standard InChI is InChI=1S/C14H10F6N2O4/c15-13(16,17)11(14(18,19)20)6-10(9-4-2-1-3-5-9)7-12(8-11,21(23)24)22(25)26/h1-6H,7-8H2. The van der Waals surface area contributed by atoms with Crippen LogP contribution in [0.5, 0.6) is 0 Å². The molecule has 6 nitrogen and oxygen atoms in total. The predicted octanol–water partition coefficient (Wildman–Crippen LogP) is 4.22. The van der Waals surface area contributed by atoms with Crippen molar-refractivity contribution in [3.8, 4) is 0 Å². The van der Waals surface area contributed by atoms with Crippen molar-refractivity contribution in [2.24, 2.45) is 5.41 Å². The van der Waals surface area contributed by atoms with Crippen molar-refractivity contribution in [3.63, 3.8) is 0 Å². The van der Waals surface area contributed by atoms with Crippen LogP contribution in [-0.4, -0.2) is 27.9 Å². The van der Waals surface area contributed by atoms with E-state index in [9.17, 15) is 46.6 Å². The van der Waals surface area contributed by atoms with Crippen LogP contribution in [0, 0.1) is 25.6 Å². The molecular weight excluding hydrogens is 374 g/mol. The van der Waals surface area contributed by atoms with Crippen LogP contribution in [0.15, 0.2) is 36.4 Å². The molecule has 1 aliphatic carbocycles. The molecule has 0 spiro atoms. The van der Waals surface area contributed by atoms with E-state index in [1.54, 1.807) is 0 Å². The Morgan fingerprint density at radius 3 is 1.73 bits per heavy atom. The highest BCUT2D eigenvalue weighted by Crippen LogP contribution is 2.60. The minimum atomic E-state index is -6.02. The Kier molecular flexibility index (Phi) is 4.50. The Labute approximate surface area is 141 Å². The largest absolute Gasteiger partial charge is 0.464 e. The van der Waals surface area contributed by atoms with Gasteiger partial charge in [-0.15, -0.1) is 0 Å². The molecular formula is C14H10F6N2O4. The average molecular weight is 384 g/mol. The first-order chi connectivity index (χ1) is 11.8. The Morgan fingerprint density at radius 1 is 0.885 bits per heavy atom. The van der Waals surface area contributed by atoms with Gasteiger partial charge in [0, 0.05) is 0 Å². The zero-order valence-electron chi connectivity index (χ0n) is 12.7. The third-order valence-electron chi connectivity index (χ3n) is 4.29. The molecule has 0 unspecified atom stereocenters. The molecule has 0 aliphatic heterocycles. The molecule has 0 aromatic heterocycles. The van der Waals surface area contributed by atoms with Crippen LogP contribution in [0.4, 0.5) is 26.3 Å². The smallest absolute Gasteiger partial charge is 0.258 e. The second kappa shape index (κ2) is 5.95. The van der Waals surface area contributed by atoms with E-state index in [1.165, 1.54) is 18.2 Å². The molecule has 0 bridgehead atoms. The van der Waals surface area contributed by atoms with Crippen LogP contribution in [0.3, 0.4) is 0 Å². The second-order valence-electron chi connectivity index (χ2n) is 5.85. The van der Waals surface area contributed by atoms with Crippen LogP contribution >= 0.6 is 0 Å². The fourth-order valence-corrected chi connectivity index (χ4v) is 2.90. The fourth-order valence-electron chi connectivity index (χ4n) is 2.90. The van der Waals surface area contributed by atoms with E-state index < -0.39 is 51.7 Å². The van der Waals surface area contributed by atoms with Gasteiger partial charge in [0.05, 0.1) is 9.85 Å². The van der Waals surface area contributed by atoms with Gasteiger partial charge in [-0.05, 0) is 11.1 Å². The van der Waals surface area contributed by atoms with Crippen LogP contribution in [0.1, 0.15) is 18.4 Å². The first-order valence-electron chi connectivity index (χ1n) is 6.96. The number of nitrogens with zero attached hydrogens (tertiary/aromatic N) is 2. The summed E-state index contributed by atoms with van der Waals surface area (Å²) in [5, 5.41) is 22.5. The highest BCUT2D eigenvalue weighted by atomic mass is 19.4. The van der Waals surface area contributed by atoms with Crippen molar-refractivity contribution in [1.82, 2.24) is 0 Å². The van der Waals surface area contributed by atoms with Gasteiger partial charge in [-0.3, -0.25) is 20.2 Å². The number of hydrogen-bond acceptors (Lipinski definition) is 4. The number of rotatable bonds is 3. The first kappa shape index (κ1) is 19.7. The third-order valence-corrected chi connectivity index (χ3v) is 4.29. The van der Waals surface area contributed by atoms with E-state index in [4.69, 9.17) is 0 Å². The van der Waals surface area contributed by atoms with Crippen molar-refractivity contribution in [3.05, 3.63) is 62.2 Å². The Balaban J connectivity index is 2.86. The topological polar surface area (TPSA) is 86.3 Å². The minimum Gasteiger partial charge on any atom is -0.258 e. The quantitative estimate of drug-likeness (QED) is 0.338. The summed E-state index contributed by atoms with van der Waals surface area (Å²) < 4.78 is 80.7. The van der Waals surface area contributed by atoms with Gasteiger partial charge in [-0.25, -0.2) is 0 Å². The van der Waals surface area contributed by atoms with E-state index in [-0.39, 0.29) is 11.6 Å². The molecule has 1 aromatic rings. The summed E-state index contributed by atoms with van der Waals surface area (Å²) in [6.45, 7) is 0. The van der Waals surface area contributed by atoms with Gasteiger partial charge in [-0.1, -0.05) is 36.4 Å². The van der Waals surface area contributed by atoms with Crippen LogP contribution in [0.25, 0.3) is 5.57 Å². The van der Waals surface area contributed by atoms with Crippen LogP contribution in [0.2, 0.25) is 0 Å². The SMILES string of the molecule is O=[N+]([O-])C1([N+](=O)[O-])CC(c2ccccc2)=CC(C(F)(F)F)(C(F)(F)F)C1. The van der Waals surface area contributed by atoms with E-state index >= 15 is 0 Å². The molecule has 2 rings (SSSR count). The lowest BCUT2D eigenvalue weighted by Crippen LogP contribution is -2.60. The fraction of sp³-hybridized carbons (Fsp3) is 0.429. The summed E-state index contributed by atoms with van der Waals surface area (Å²) in [6.07, 6.45) is -15.8. The highest BCUT2D eigenvalue weighted by molar-refractivity contribution is 5.68. The van der Waals surface area contributed by atoms with Gasteiger partial charge in [0.15, 0.2) is 5.41 Å². The van der Waals surface area contributed by atoms with Gasteiger partial charge in [0.2, 0.25) is 0 Å². The summed E-state index contributed by atoms with van der Waals surface area (Å²) in [7, 11) is 0. The average Bonchev–Trinajstić information content (AvgIpc) is 2.52. The number of halogens is 6. The zero-order valence-corrected chi connectivity index (χ0v) is 12.7. The lowest BCUT2D eigenvalue weighted by atomic mass is 9.69. The molecule has 26 heavy (non-hydrogen) atoms. The van der Waals surface area contributed by atoms with E-state index in [1.807, 2.05) is 0 Å². The number of nitro groups is 2. The molecule has 0 atom stereocenters. The van der Waals surface area contributed by atoms with Crippen molar-refractivity contribution in [2.45, 2.75) is 30.9 Å². The van der Waals surface area contributed by atoms with E-state index in [0.717, 1.165) is 12.1 Å². The molecule has 1 aromatic carbocycles. The van der Waals surface area contributed by atoms with Gasteiger partial charge >= 0.3 is 18.0 Å². The van der Waals surface area contributed by atoms with Gasteiger partial charge in [0.1, 0.15) is 12.8 Å². The molecule has 0 amide bonds. The Hall–Kier alpha value is -2.66. The molecule has 0 heterocycles. The monoisotopic (exact) mass is 384 g/mol. The normalized spacial score (nSPS) is 19.5. The van der Waals surface area contributed by atoms with Crippen molar-refractivity contribution < 1.29 is 36.2 Å². The van der Waals surface area contributed by atoms with Gasteiger partial charge in [0.25, 0.3) is 0 Å². The molecule has 0 saturated heterocycles. The minimum absolute atomic E-state index is 0.173. The molecule has 0 radical (unpaired) electrons. The maximum Gasteiger partial charge on any atom is 0.464 e. The summed E-state index contributed by atoms with van der Waals surface area (Å²) in [5.41, 5.74) is -9.34. The molecule has 12 heteroatoms. The molecule has 0 saturated carbocycles. The molecule has 0 N–H and O–H groups in total. The number of alkyl halides is 6. The van der Waals surface area contributed by atoms with E-state index in [0.29, 0.717) is 0 Å². The second-order valence-corrected chi connectivity index (χ2v) is 5.85. The van der Waals surface area contributed by atoms with E-state index in [2.05, 4.69) is 0 Å². The van der Waals surface area contributed by atoms with Gasteiger partial charge in [-0.2, -0.15) is 26.3 Å². The van der Waals surface area contributed by atoms with Gasteiger partial charge < -0.3 is 0 Å². The Bertz CT molecular complexity index is 729. The summed E-state index contributed by atoms with van der Waals surface area (Å²) in [5.74, 6) is 0. The lowest BCUT2D eigenvalue weighted by Gasteiger charge is -2.39. The van der Waals surface area contributed by atoms with Crippen molar-refractivity contribution >= 4 is 5.57 Å². The Morgan fingerprint density at radius 2 is 1.35 bits per heavy atom. The predicted molar refractivity (Wildman–Crippen MR) is 74.9 cm³/mol. The number of hydrogen-bond donors (Lipinski definition) is 0. The maximum atomic E-state index is 13.4. The zero-order chi connectivity index (χ0) is 20.0. The first-order valence-corrected chi connectivity index (χ1v) is 6.96. The third kappa shape index (κ3) is 2.88. The summed E-state index contributed by atoms with van der Waals surface area (Å²) >= 11 is 0. The summed E-state index contributed by atoms with van der Waals surface area (Å²) in [6, 6.07) is 6.24. The molecule has 1 aliphatic rings. The number of benzene rings is 1. The summed E-state index contributed by atoms with van der Waals surface area (Å²) in [4.78, 5) is 19.1. The van der Waals surface area contributed by atoms with Crippen LogP contribution < -0.4 is 0 Å².